The Morgan fingerprint density at radius 3 is 2.55 bits per heavy atom. The minimum absolute atomic E-state index is 0.0311. The fraction of sp³-hybridized carbons (Fsp3) is 0.250. The molecule has 0 radical (unpaired) electrons. The van der Waals surface area contributed by atoms with Gasteiger partial charge >= 0.3 is 0 Å². The summed E-state index contributed by atoms with van der Waals surface area (Å²) in [5.74, 6) is -1.19. The minimum atomic E-state index is -0.748. The molecule has 1 N–H and O–H groups in total. The van der Waals surface area contributed by atoms with E-state index < -0.39 is 11.9 Å². The smallest absolute Gasteiger partial charge is 0.255 e. The zero-order valence-corrected chi connectivity index (χ0v) is 11.6. The van der Waals surface area contributed by atoms with Crippen molar-refractivity contribution in [2.75, 3.05) is 6.54 Å². The Morgan fingerprint density at radius 1 is 1.20 bits per heavy atom. The number of aromatic nitrogens is 1. The fourth-order valence-electron chi connectivity index (χ4n) is 1.94. The highest BCUT2D eigenvalue weighted by molar-refractivity contribution is 5.94. The number of pyridine rings is 1. The first-order valence-electron chi connectivity index (χ1n) is 6.45. The summed E-state index contributed by atoms with van der Waals surface area (Å²) in [6, 6.07) is 12.9. The van der Waals surface area contributed by atoms with Crippen molar-refractivity contribution in [1.29, 1.82) is 0 Å². The third kappa shape index (κ3) is 3.20. The van der Waals surface area contributed by atoms with Gasteiger partial charge in [0.25, 0.3) is 5.91 Å². The van der Waals surface area contributed by atoms with Gasteiger partial charge < -0.3 is 5.32 Å². The minimum Gasteiger partial charge on any atom is -0.351 e. The Morgan fingerprint density at radius 2 is 1.90 bits per heavy atom. The summed E-state index contributed by atoms with van der Waals surface area (Å²) in [6.45, 7) is 4.48. The molecule has 1 heterocycles. The van der Waals surface area contributed by atoms with Crippen molar-refractivity contribution in [3.8, 4) is 0 Å². The summed E-state index contributed by atoms with van der Waals surface area (Å²) in [4.78, 5) is 15.4. The van der Waals surface area contributed by atoms with Gasteiger partial charge in [-0.15, -0.1) is 0 Å². The van der Waals surface area contributed by atoms with Gasteiger partial charge in [0.05, 0.1) is 5.56 Å². The van der Waals surface area contributed by atoms with Crippen LogP contribution < -0.4 is 5.32 Å². The molecule has 1 amide bonds. The summed E-state index contributed by atoms with van der Waals surface area (Å²) >= 11 is 0. The van der Waals surface area contributed by atoms with Gasteiger partial charge in [-0.3, -0.25) is 4.79 Å². The third-order valence-electron chi connectivity index (χ3n) is 3.25. The zero-order chi connectivity index (χ0) is 14.6. The number of amides is 1. The van der Waals surface area contributed by atoms with Crippen LogP contribution in [0.2, 0.25) is 0 Å². The molecular formula is C16H17FN2O. The van der Waals surface area contributed by atoms with Crippen molar-refractivity contribution in [3.05, 3.63) is 65.7 Å². The van der Waals surface area contributed by atoms with Crippen LogP contribution in [-0.2, 0) is 5.41 Å². The zero-order valence-electron chi connectivity index (χ0n) is 11.6. The molecule has 0 atom stereocenters. The quantitative estimate of drug-likeness (QED) is 0.869. The van der Waals surface area contributed by atoms with E-state index >= 15 is 0 Å². The monoisotopic (exact) mass is 272 g/mol. The van der Waals surface area contributed by atoms with Crippen LogP contribution in [-0.4, -0.2) is 17.4 Å². The van der Waals surface area contributed by atoms with Crippen molar-refractivity contribution in [2.45, 2.75) is 19.3 Å². The molecule has 0 aliphatic rings. The average molecular weight is 272 g/mol. The Hall–Kier alpha value is -2.23. The lowest BCUT2D eigenvalue weighted by Crippen LogP contribution is -2.37. The van der Waals surface area contributed by atoms with Crippen LogP contribution in [0.4, 0.5) is 4.39 Å². The number of benzene rings is 1. The number of hydrogen-bond donors (Lipinski definition) is 1. The molecule has 0 aliphatic carbocycles. The molecular weight excluding hydrogens is 255 g/mol. The predicted octanol–water partition coefficient (Wildman–Crippen LogP) is 2.93. The van der Waals surface area contributed by atoms with E-state index in [4.69, 9.17) is 0 Å². The lowest BCUT2D eigenvalue weighted by atomic mass is 9.84. The van der Waals surface area contributed by atoms with E-state index in [2.05, 4.69) is 10.3 Å². The molecule has 0 unspecified atom stereocenters. The molecule has 104 valence electrons. The Labute approximate surface area is 117 Å². The maximum Gasteiger partial charge on any atom is 0.255 e. The van der Waals surface area contributed by atoms with E-state index in [0.29, 0.717) is 6.54 Å². The number of carbonyl (C=O) groups is 1. The van der Waals surface area contributed by atoms with Gasteiger partial charge in [-0.05, 0) is 17.7 Å². The van der Waals surface area contributed by atoms with Gasteiger partial charge in [-0.2, -0.15) is 4.39 Å². The van der Waals surface area contributed by atoms with Crippen molar-refractivity contribution >= 4 is 5.91 Å². The van der Waals surface area contributed by atoms with E-state index in [9.17, 15) is 9.18 Å². The van der Waals surface area contributed by atoms with Crippen LogP contribution in [0, 0.1) is 5.95 Å². The summed E-state index contributed by atoms with van der Waals surface area (Å²) in [6.07, 6.45) is 1.32. The predicted molar refractivity (Wildman–Crippen MR) is 76.0 cm³/mol. The second-order valence-corrected chi connectivity index (χ2v) is 5.27. The van der Waals surface area contributed by atoms with Crippen LogP contribution in [0.15, 0.2) is 48.7 Å². The van der Waals surface area contributed by atoms with Crippen molar-refractivity contribution in [1.82, 2.24) is 10.3 Å². The maximum absolute atomic E-state index is 13.4. The lowest BCUT2D eigenvalue weighted by molar-refractivity contribution is 0.0940. The first-order valence-corrected chi connectivity index (χ1v) is 6.45. The highest BCUT2D eigenvalue weighted by Crippen LogP contribution is 2.21. The summed E-state index contributed by atoms with van der Waals surface area (Å²) < 4.78 is 13.4. The number of rotatable bonds is 4. The average Bonchev–Trinajstić information content (AvgIpc) is 2.46. The largest absolute Gasteiger partial charge is 0.351 e. The molecule has 1 aromatic carbocycles. The highest BCUT2D eigenvalue weighted by Gasteiger charge is 2.22. The number of carbonyl (C=O) groups excluding carboxylic acids is 1. The van der Waals surface area contributed by atoms with Crippen molar-refractivity contribution < 1.29 is 9.18 Å². The normalized spacial score (nSPS) is 11.2. The molecule has 2 aromatic rings. The van der Waals surface area contributed by atoms with Crippen LogP contribution in [0.25, 0.3) is 0 Å². The summed E-state index contributed by atoms with van der Waals surface area (Å²) in [5, 5.41) is 2.76. The molecule has 3 nitrogen and oxygen atoms in total. The van der Waals surface area contributed by atoms with Crippen LogP contribution in [0.5, 0.6) is 0 Å². The maximum atomic E-state index is 13.4. The summed E-state index contributed by atoms with van der Waals surface area (Å²) in [5.41, 5.74) is 0.860. The van der Waals surface area contributed by atoms with Gasteiger partial charge in [-0.1, -0.05) is 44.2 Å². The molecule has 2 rings (SSSR count). The van der Waals surface area contributed by atoms with Crippen molar-refractivity contribution in [2.24, 2.45) is 0 Å². The SMILES string of the molecule is CC(C)(CNC(=O)c1cccnc1F)c1ccccc1. The molecule has 0 bridgehead atoms. The fourth-order valence-corrected chi connectivity index (χ4v) is 1.94. The van der Waals surface area contributed by atoms with Crippen LogP contribution in [0.1, 0.15) is 29.8 Å². The van der Waals surface area contributed by atoms with E-state index in [1.807, 2.05) is 44.2 Å². The number of hydrogen-bond acceptors (Lipinski definition) is 2. The molecule has 0 fully saturated rings. The van der Waals surface area contributed by atoms with Crippen molar-refractivity contribution in [3.63, 3.8) is 0 Å². The Bertz CT molecular complexity index is 596. The van der Waals surface area contributed by atoms with E-state index in [0.717, 1.165) is 5.56 Å². The molecule has 0 saturated heterocycles. The van der Waals surface area contributed by atoms with Crippen LogP contribution in [0.3, 0.4) is 0 Å². The van der Waals surface area contributed by atoms with Crippen LogP contribution >= 0.6 is 0 Å². The number of halogens is 1. The van der Waals surface area contributed by atoms with E-state index in [1.165, 1.54) is 12.3 Å². The van der Waals surface area contributed by atoms with Gasteiger partial charge in [0.1, 0.15) is 0 Å². The first-order chi connectivity index (χ1) is 9.50. The third-order valence-corrected chi connectivity index (χ3v) is 3.25. The second-order valence-electron chi connectivity index (χ2n) is 5.27. The summed E-state index contributed by atoms with van der Waals surface area (Å²) in [7, 11) is 0. The van der Waals surface area contributed by atoms with E-state index in [1.54, 1.807) is 6.07 Å². The Kier molecular flexibility index (Phi) is 4.13. The van der Waals surface area contributed by atoms with Gasteiger partial charge in [0.15, 0.2) is 0 Å². The lowest BCUT2D eigenvalue weighted by Gasteiger charge is -2.25. The number of nitrogens with one attached hydrogen (secondary N) is 1. The van der Waals surface area contributed by atoms with Gasteiger partial charge in [0.2, 0.25) is 5.95 Å². The van der Waals surface area contributed by atoms with E-state index in [-0.39, 0.29) is 11.0 Å². The molecule has 0 spiro atoms. The molecule has 0 aliphatic heterocycles. The van der Waals surface area contributed by atoms with Gasteiger partial charge in [-0.25, -0.2) is 4.98 Å². The van der Waals surface area contributed by atoms with Gasteiger partial charge in [0, 0.05) is 18.2 Å². The topological polar surface area (TPSA) is 42.0 Å². The molecule has 20 heavy (non-hydrogen) atoms. The second kappa shape index (κ2) is 5.82. The molecule has 4 heteroatoms. The molecule has 1 aromatic heterocycles. The highest BCUT2D eigenvalue weighted by atomic mass is 19.1. The standard InChI is InChI=1S/C16H17FN2O/c1-16(2,12-7-4-3-5-8-12)11-19-15(20)13-9-6-10-18-14(13)17/h3-10H,11H2,1-2H3,(H,19,20). The molecule has 0 saturated carbocycles. The first kappa shape index (κ1) is 14.2. The Balaban J connectivity index is 2.05. The number of nitrogens with zero attached hydrogens (tertiary/aromatic N) is 1.